The standard InChI is InChI=1S/C13H13F4NO2/c14-9-5-3-8(4-6-9)11(13(15,16)17)18-12(19)10-2-1-7-20-10/h3-6,10-11H,1-2,7H2,(H,18,19)/t10-,11-/m0/s1. The molecule has 1 aromatic rings. The molecule has 3 nitrogen and oxygen atoms in total. The maximum atomic E-state index is 13.0. The maximum absolute atomic E-state index is 13.0. The third kappa shape index (κ3) is 3.47. The number of nitrogens with one attached hydrogen (secondary N) is 1. The lowest BCUT2D eigenvalue weighted by Crippen LogP contribution is -2.42. The number of alkyl halides is 3. The van der Waals surface area contributed by atoms with Crippen LogP contribution in [0.5, 0.6) is 0 Å². The van der Waals surface area contributed by atoms with Crippen LogP contribution in [0.15, 0.2) is 24.3 Å². The maximum Gasteiger partial charge on any atom is 0.412 e. The van der Waals surface area contributed by atoms with Crippen molar-refractivity contribution in [1.82, 2.24) is 5.32 Å². The van der Waals surface area contributed by atoms with Crippen molar-refractivity contribution in [3.63, 3.8) is 0 Å². The quantitative estimate of drug-likeness (QED) is 0.870. The Labute approximate surface area is 112 Å². The molecule has 0 aliphatic carbocycles. The number of rotatable bonds is 3. The molecule has 110 valence electrons. The van der Waals surface area contributed by atoms with Gasteiger partial charge in [0.15, 0.2) is 6.04 Å². The Morgan fingerprint density at radius 2 is 1.95 bits per heavy atom. The highest BCUT2D eigenvalue weighted by molar-refractivity contribution is 5.81. The Balaban J connectivity index is 2.15. The van der Waals surface area contributed by atoms with Crippen molar-refractivity contribution in [2.75, 3.05) is 6.61 Å². The van der Waals surface area contributed by atoms with E-state index in [-0.39, 0.29) is 5.56 Å². The molecule has 0 aromatic heterocycles. The summed E-state index contributed by atoms with van der Waals surface area (Å²) in [5, 5.41) is 1.92. The normalized spacial score (nSPS) is 20.7. The van der Waals surface area contributed by atoms with Crippen molar-refractivity contribution in [3.05, 3.63) is 35.6 Å². The SMILES string of the molecule is O=C(N[C@@H](c1ccc(F)cc1)C(F)(F)F)[C@@H]1CCCO1. The molecule has 1 aliphatic rings. The predicted molar refractivity (Wildman–Crippen MR) is 62.3 cm³/mol. The number of hydrogen-bond donors (Lipinski definition) is 1. The molecule has 0 saturated carbocycles. The van der Waals surface area contributed by atoms with Gasteiger partial charge in [0.25, 0.3) is 0 Å². The number of hydrogen-bond acceptors (Lipinski definition) is 2. The molecule has 0 spiro atoms. The zero-order valence-electron chi connectivity index (χ0n) is 10.4. The fraction of sp³-hybridized carbons (Fsp3) is 0.462. The van der Waals surface area contributed by atoms with Gasteiger partial charge in [-0.1, -0.05) is 12.1 Å². The van der Waals surface area contributed by atoms with Crippen LogP contribution < -0.4 is 5.32 Å². The predicted octanol–water partition coefficient (Wildman–Crippen LogP) is 2.72. The van der Waals surface area contributed by atoms with Crippen LogP contribution in [0.3, 0.4) is 0 Å². The van der Waals surface area contributed by atoms with Gasteiger partial charge in [0.1, 0.15) is 11.9 Å². The molecule has 1 saturated heterocycles. The number of carbonyl (C=O) groups excluding carboxylic acids is 1. The van der Waals surface area contributed by atoms with Crippen LogP contribution in [0.25, 0.3) is 0 Å². The lowest BCUT2D eigenvalue weighted by atomic mass is 10.1. The lowest BCUT2D eigenvalue weighted by Gasteiger charge is -2.23. The van der Waals surface area contributed by atoms with E-state index in [1.54, 1.807) is 0 Å². The van der Waals surface area contributed by atoms with Gasteiger partial charge >= 0.3 is 6.18 Å². The first-order chi connectivity index (χ1) is 9.38. The number of ether oxygens (including phenoxy) is 1. The molecule has 1 heterocycles. The molecule has 1 aromatic carbocycles. The third-order valence-electron chi connectivity index (χ3n) is 3.04. The van der Waals surface area contributed by atoms with Gasteiger partial charge in [0.2, 0.25) is 5.91 Å². The second-order valence-electron chi connectivity index (χ2n) is 4.54. The van der Waals surface area contributed by atoms with Crippen LogP contribution in [0.4, 0.5) is 17.6 Å². The Morgan fingerprint density at radius 3 is 2.45 bits per heavy atom. The van der Waals surface area contributed by atoms with Crippen LogP contribution >= 0.6 is 0 Å². The van der Waals surface area contributed by atoms with Gasteiger partial charge in [0.05, 0.1) is 0 Å². The zero-order valence-corrected chi connectivity index (χ0v) is 10.4. The van der Waals surface area contributed by atoms with Gasteiger partial charge in [-0.05, 0) is 30.5 Å². The van der Waals surface area contributed by atoms with E-state index in [9.17, 15) is 22.4 Å². The lowest BCUT2D eigenvalue weighted by molar-refractivity contribution is -0.166. The van der Waals surface area contributed by atoms with Crippen molar-refractivity contribution in [1.29, 1.82) is 0 Å². The molecule has 0 radical (unpaired) electrons. The first kappa shape index (κ1) is 14.8. The van der Waals surface area contributed by atoms with Gasteiger partial charge < -0.3 is 10.1 Å². The highest BCUT2D eigenvalue weighted by atomic mass is 19.4. The minimum atomic E-state index is -4.66. The molecule has 20 heavy (non-hydrogen) atoms. The van der Waals surface area contributed by atoms with Crippen molar-refractivity contribution < 1.29 is 27.1 Å². The summed E-state index contributed by atoms with van der Waals surface area (Å²) >= 11 is 0. The molecule has 2 rings (SSSR count). The number of benzene rings is 1. The fourth-order valence-electron chi connectivity index (χ4n) is 2.03. The molecule has 2 atom stereocenters. The van der Waals surface area contributed by atoms with E-state index in [4.69, 9.17) is 4.74 Å². The zero-order chi connectivity index (χ0) is 14.8. The summed E-state index contributed by atoms with van der Waals surface area (Å²) in [5.41, 5.74) is -0.217. The first-order valence-electron chi connectivity index (χ1n) is 6.12. The van der Waals surface area contributed by atoms with Crippen LogP contribution in [0.2, 0.25) is 0 Å². The largest absolute Gasteiger partial charge is 0.412 e. The van der Waals surface area contributed by atoms with Crippen molar-refractivity contribution in [2.45, 2.75) is 31.2 Å². The van der Waals surface area contributed by atoms with E-state index in [2.05, 4.69) is 0 Å². The molecule has 1 fully saturated rings. The first-order valence-corrected chi connectivity index (χ1v) is 6.12. The summed E-state index contributed by atoms with van der Waals surface area (Å²) < 4.78 is 56.8. The van der Waals surface area contributed by atoms with E-state index >= 15 is 0 Å². The van der Waals surface area contributed by atoms with Crippen molar-refractivity contribution >= 4 is 5.91 Å². The molecule has 0 unspecified atom stereocenters. The second-order valence-corrected chi connectivity index (χ2v) is 4.54. The minimum Gasteiger partial charge on any atom is -0.368 e. The van der Waals surface area contributed by atoms with E-state index in [0.717, 1.165) is 24.3 Å². The van der Waals surface area contributed by atoms with Gasteiger partial charge in [-0.3, -0.25) is 4.79 Å². The number of halogens is 4. The smallest absolute Gasteiger partial charge is 0.368 e. The van der Waals surface area contributed by atoms with E-state index in [1.807, 2.05) is 5.32 Å². The topological polar surface area (TPSA) is 38.3 Å². The summed E-state index contributed by atoms with van der Waals surface area (Å²) in [6.45, 7) is 0.366. The Bertz CT molecular complexity index is 466. The van der Waals surface area contributed by atoms with Crippen LogP contribution in [-0.4, -0.2) is 24.8 Å². The van der Waals surface area contributed by atoms with Crippen LogP contribution in [-0.2, 0) is 9.53 Å². The number of carbonyl (C=O) groups is 1. The number of amides is 1. The molecule has 1 amide bonds. The van der Waals surface area contributed by atoms with Gasteiger partial charge in [0, 0.05) is 6.61 Å². The van der Waals surface area contributed by atoms with E-state index in [0.29, 0.717) is 19.4 Å². The van der Waals surface area contributed by atoms with Crippen LogP contribution in [0, 0.1) is 5.82 Å². The Hall–Kier alpha value is -1.63. The third-order valence-corrected chi connectivity index (χ3v) is 3.04. The molecule has 1 N–H and O–H groups in total. The van der Waals surface area contributed by atoms with E-state index < -0.39 is 30.0 Å². The summed E-state index contributed by atoms with van der Waals surface area (Å²) in [6, 6.07) is 1.69. The minimum absolute atomic E-state index is 0.217. The summed E-state index contributed by atoms with van der Waals surface area (Å²) in [6.07, 6.45) is -4.46. The van der Waals surface area contributed by atoms with Crippen LogP contribution in [0.1, 0.15) is 24.4 Å². The summed E-state index contributed by atoms with van der Waals surface area (Å²) in [4.78, 5) is 11.7. The molecular weight excluding hydrogens is 278 g/mol. The monoisotopic (exact) mass is 291 g/mol. The molecule has 7 heteroatoms. The van der Waals surface area contributed by atoms with Crippen molar-refractivity contribution in [3.8, 4) is 0 Å². The Kier molecular flexibility index (Phi) is 4.27. The molecule has 1 aliphatic heterocycles. The van der Waals surface area contributed by atoms with E-state index in [1.165, 1.54) is 0 Å². The second kappa shape index (κ2) is 5.78. The van der Waals surface area contributed by atoms with Crippen molar-refractivity contribution in [2.24, 2.45) is 0 Å². The highest BCUT2D eigenvalue weighted by Crippen LogP contribution is 2.33. The summed E-state index contributed by atoms with van der Waals surface area (Å²) in [7, 11) is 0. The Morgan fingerprint density at radius 1 is 1.30 bits per heavy atom. The van der Waals surface area contributed by atoms with Gasteiger partial charge in [-0.25, -0.2) is 4.39 Å². The molecular formula is C13H13F4NO2. The van der Waals surface area contributed by atoms with Gasteiger partial charge in [-0.2, -0.15) is 13.2 Å². The summed E-state index contributed by atoms with van der Waals surface area (Å²) in [5.74, 6) is -1.44. The van der Waals surface area contributed by atoms with Gasteiger partial charge in [-0.15, -0.1) is 0 Å². The average Bonchev–Trinajstić information content (AvgIpc) is 2.89. The fourth-order valence-corrected chi connectivity index (χ4v) is 2.03. The highest BCUT2D eigenvalue weighted by Gasteiger charge is 2.43. The average molecular weight is 291 g/mol. The molecule has 0 bridgehead atoms.